The Hall–Kier alpha value is -2.38. The van der Waals surface area contributed by atoms with E-state index in [4.69, 9.17) is 0 Å². The van der Waals surface area contributed by atoms with E-state index in [1.807, 2.05) is 6.92 Å². The van der Waals surface area contributed by atoms with E-state index >= 15 is 0 Å². The molecule has 0 spiro atoms. The van der Waals surface area contributed by atoms with Crippen molar-refractivity contribution in [3.8, 4) is 0 Å². The Morgan fingerprint density at radius 3 is 2.79 bits per heavy atom. The van der Waals surface area contributed by atoms with Gasteiger partial charge in [0.15, 0.2) is 0 Å². The molecular weight excluding hydrogens is 252 g/mol. The summed E-state index contributed by atoms with van der Waals surface area (Å²) in [5.74, 6) is 0.0272. The Bertz CT molecular complexity index is 464. The van der Waals surface area contributed by atoms with E-state index < -0.39 is 10.9 Å². The first-order chi connectivity index (χ1) is 9.08. The van der Waals surface area contributed by atoms with Crippen molar-refractivity contribution in [2.24, 2.45) is 0 Å². The fourth-order valence-corrected chi connectivity index (χ4v) is 1.31. The molecule has 1 aromatic heterocycles. The van der Waals surface area contributed by atoms with Crippen molar-refractivity contribution in [2.75, 3.05) is 30.8 Å². The van der Waals surface area contributed by atoms with E-state index in [1.54, 1.807) is 0 Å². The zero-order chi connectivity index (χ0) is 14.3. The predicted molar refractivity (Wildman–Crippen MR) is 70.2 cm³/mol. The number of methoxy groups -OCH3 is 1. The lowest BCUT2D eigenvalue weighted by atomic mass is 10.3. The molecule has 1 heterocycles. The van der Waals surface area contributed by atoms with Crippen LogP contribution in [0.25, 0.3) is 0 Å². The summed E-state index contributed by atoms with van der Waals surface area (Å²) in [4.78, 5) is 25.4. The first-order valence-electron chi connectivity index (χ1n) is 5.78. The van der Waals surface area contributed by atoms with Crippen molar-refractivity contribution < 1.29 is 14.5 Å². The third-order valence-electron chi connectivity index (χ3n) is 2.25. The van der Waals surface area contributed by atoms with Crippen molar-refractivity contribution in [1.29, 1.82) is 0 Å². The van der Waals surface area contributed by atoms with Crippen molar-refractivity contribution in [1.82, 2.24) is 4.98 Å². The summed E-state index contributed by atoms with van der Waals surface area (Å²) in [6, 6.07) is 2.86. The molecule has 19 heavy (non-hydrogen) atoms. The van der Waals surface area contributed by atoms with Gasteiger partial charge < -0.3 is 15.4 Å². The number of hydrogen-bond acceptors (Lipinski definition) is 7. The van der Waals surface area contributed by atoms with E-state index in [9.17, 15) is 14.9 Å². The van der Waals surface area contributed by atoms with Crippen LogP contribution in [0.5, 0.6) is 0 Å². The molecule has 0 saturated heterocycles. The summed E-state index contributed by atoms with van der Waals surface area (Å²) in [7, 11) is 1.24. The number of esters is 1. The molecule has 0 bridgehead atoms. The molecule has 0 aliphatic rings. The molecule has 2 N–H and O–H groups in total. The maximum atomic E-state index is 11.0. The van der Waals surface area contributed by atoms with Crippen molar-refractivity contribution in [2.45, 2.75) is 13.3 Å². The average molecular weight is 268 g/mol. The van der Waals surface area contributed by atoms with Crippen LogP contribution < -0.4 is 10.6 Å². The highest BCUT2D eigenvalue weighted by molar-refractivity contribution is 5.75. The van der Waals surface area contributed by atoms with Crippen LogP contribution in [0.15, 0.2) is 12.1 Å². The van der Waals surface area contributed by atoms with Crippen LogP contribution >= 0.6 is 0 Å². The first-order valence-corrected chi connectivity index (χ1v) is 5.78. The van der Waals surface area contributed by atoms with Crippen molar-refractivity contribution in [3.05, 3.63) is 22.2 Å². The Labute approximate surface area is 110 Å². The third-order valence-corrected chi connectivity index (χ3v) is 2.25. The summed E-state index contributed by atoms with van der Waals surface area (Å²) < 4.78 is 4.45. The minimum atomic E-state index is -0.559. The summed E-state index contributed by atoms with van der Waals surface area (Å²) in [5.41, 5.74) is -0.189. The average Bonchev–Trinajstić information content (AvgIpc) is 2.42. The Balaban J connectivity index is 2.88. The zero-order valence-corrected chi connectivity index (χ0v) is 10.8. The molecule has 0 aliphatic carbocycles. The molecule has 8 nitrogen and oxygen atoms in total. The van der Waals surface area contributed by atoms with Crippen LogP contribution in [-0.4, -0.2) is 36.1 Å². The zero-order valence-electron chi connectivity index (χ0n) is 10.8. The monoisotopic (exact) mass is 268 g/mol. The molecular formula is C11H16N4O4. The van der Waals surface area contributed by atoms with E-state index in [-0.39, 0.29) is 18.1 Å². The summed E-state index contributed by atoms with van der Waals surface area (Å²) in [6.07, 6.45) is 0.906. The fourth-order valence-electron chi connectivity index (χ4n) is 1.31. The van der Waals surface area contributed by atoms with Crippen LogP contribution in [0, 0.1) is 10.1 Å². The molecule has 0 unspecified atom stereocenters. The quantitative estimate of drug-likeness (QED) is 0.437. The molecule has 0 saturated carbocycles. The second kappa shape index (κ2) is 7.14. The Kier molecular flexibility index (Phi) is 5.52. The first kappa shape index (κ1) is 14.7. The van der Waals surface area contributed by atoms with Gasteiger partial charge in [0.2, 0.25) is 5.82 Å². The number of pyridine rings is 1. The molecule has 0 aliphatic heterocycles. The van der Waals surface area contributed by atoms with Gasteiger partial charge in [0.05, 0.1) is 12.0 Å². The summed E-state index contributed by atoms with van der Waals surface area (Å²) in [5, 5.41) is 16.5. The van der Waals surface area contributed by atoms with Crippen LogP contribution in [0.4, 0.5) is 17.3 Å². The van der Waals surface area contributed by atoms with E-state index in [1.165, 1.54) is 19.2 Å². The van der Waals surface area contributed by atoms with Gasteiger partial charge in [-0.3, -0.25) is 14.9 Å². The minimum Gasteiger partial charge on any atom is -0.468 e. The Morgan fingerprint density at radius 1 is 1.47 bits per heavy atom. The molecule has 104 valence electrons. The molecule has 0 radical (unpaired) electrons. The van der Waals surface area contributed by atoms with E-state index in [0.717, 1.165) is 6.42 Å². The third kappa shape index (κ3) is 4.41. The SMILES string of the molecule is CCCNc1ccc([N+](=O)[O-])c(NCC(=O)OC)n1. The molecule has 8 heteroatoms. The number of carbonyl (C=O) groups excluding carboxylic acids is 1. The molecule has 0 fully saturated rings. The number of carbonyl (C=O) groups is 1. The lowest BCUT2D eigenvalue weighted by Gasteiger charge is -2.08. The number of nitro groups is 1. The smallest absolute Gasteiger partial charge is 0.325 e. The molecule has 0 atom stereocenters. The van der Waals surface area contributed by atoms with E-state index in [2.05, 4.69) is 20.4 Å². The number of aromatic nitrogens is 1. The highest BCUT2D eigenvalue weighted by Crippen LogP contribution is 2.23. The highest BCUT2D eigenvalue weighted by Gasteiger charge is 2.16. The lowest BCUT2D eigenvalue weighted by Crippen LogP contribution is -2.17. The van der Waals surface area contributed by atoms with Gasteiger partial charge in [-0.1, -0.05) is 6.92 Å². The second-order valence-corrected chi connectivity index (χ2v) is 3.68. The normalized spacial score (nSPS) is 9.79. The van der Waals surface area contributed by atoms with Gasteiger partial charge in [-0.2, -0.15) is 0 Å². The molecule has 0 amide bonds. The van der Waals surface area contributed by atoms with Crippen LogP contribution in [0.2, 0.25) is 0 Å². The van der Waals surface area contributed by atoms with Crippen LogP contribution in [0.1, 0.15) is 13.3 Å². The number of nitrogens with zero attached hydrogens (tertiary/aromatic N) is 2. The van der Waals surface area contributed by atoms with Crippen molar-refractivity contribution >= 4 is 23.3 Å². The van der Waals surface area contributed by atoms with Gasteiger partial charge >= 0.3 is 11.7 Å². The standard InChI is InChI=1S/C11H16N4O4/c1-3-6-12-9-5-4-8(15(17)18)11(14-9)13-7-10(16)19-2/h4-5H,3,6-7H2,1-2H3,(H2,12,13,14). The Morgan fingerprint density at radius 2 is 2.21 bits per heavy atom. The van der Waals surface area contributed by atoms with Gasteiger partial charge in [-0.15, -0.1) is 0 Å². The van der Waals surface area contributed by atoms with Crippen LogP contribution in [0.3, 0.4) is 0 Å². The van der Waals surface area contributed by atoms with Gasteiger partial charge in [-0.05, 0) is 12.5 Å². The number of nitrogens with one attached hydrogen (secondary N) is 2. The summed E-state index contributed by atoms with van der Waals surface area (Å²) >= 11 is 0. The summed E-state index contributed by atoms with van der Waals surface area (Å²) in [6.45, 7) is 2.53. The van der Waals surface area contributed by atoms with E-state index in [0.29, 0.717) is 12.4 Å². The molecule has 1 aromatic rings. The maximum absolute atomic E-state index is 11.0. The second-order valence-electron chi connectivity index (χ2n) is 3.68. The van der Waals surface area contributed by atoms with Crippen LogP contribution in [-0.2, 0) is 9.53 Å². The largest absolute Gasteiger partial charge is 0.468 e. The van der Waals surface area contributed by atoms with Gasteiger partial charge in [0, 0.05) is 12.6 Å². The predicted octanol–water partition coefficient (Wildman–Crippen LogP) is 1.40. The lowest BCUT2D eigenvalue weighted by molar-refractivity contribution is -0.384. The number of hydrogen-bond donors (Lipinski definition) is 2. The number of ether oxygens (including phenoxy) is 1. The van der Waals surface area contributed by atoms with Crippen molar-refractivity contribution in [3.63, 3.8) is 0 Å². The molecule has 0 aromatic carbocycles. The number of anilines is 2. The molecule has 1 rings (SSSR count). The number of rotatable bonds is 7. The fraction of sp³-hybridized carbons (Fsp3) is 0.455. The maximum Gasteiger partial charge on any atom is 0.325 e. The van der Waals surface area contributed by atoms with Gasteiger partial charge in [-0.25, -0.2) is 4.98 Å². The van der Waals surface area contributed by atoms with Gasteiger partial charge in [0.25, 0.3) is 0 Å². The van der Waals surface area contributed by atoms with Gasteiger partial charge in [0.1, 0.15) is 12.4 Å². The minimum absolute atomic E-state index is 0.0384. The topological polar surface area (TPSA) is 106 Å². The highest BCUT2D eigenvalue weighted by atomic mass is 16.6.